The molecule has 0 heteroatoms. The second-order valence-electron chi connectivity index (χ2n) is 14.1. The van der Waals surface area contributed by atoms with Gasteiger partial charge in [-0.05, 0) is 132 Å². The molecule has 2 unspecified atom stereocenters. The lowest BCUT2D eigenvalue weighted by molar-refractivity contribution is 0.619. The molecule has 0 bridgehead atoms. The molecular formula is C46H52. The van der Waals surface area contributed by atoms with E-state index in [0.29, 0.717) is 11.8 Å². The standard InChI is InChI=1S/C46H52/c1-8-11-31(5)44-32(6)25-43-29-42(33(7)45(43)46(44)41-24-23-37-13-10-14-40(37)28-41)27-35-18-22-38(39(26-35)12-9-2)21-17-34-15-19-36(20-16-34)30(3)4/h15-16,18-20,22-28,45-46H,3,5,7-14,17,21,29H2,1-2,4,6H3. The molecule has 3 aromatic rings. The van der Waals surface area contributed by atoms with Crippen molar-refractivity contribution >= 4 is 11.6 Å². The zero-order valence-electron chi connectivity index (χ0n) is 28.8. The fourth-order valence-corrected chi connectivity index (χ4v) is 8.33. The topological polar surface area (TPSA) is 0 Å². The largest absolute Gasteiger partial charge is 0.0955 e. The fourth-order valence-electron chi connectivity index (χ4n) is 8.33. The van der Waals surface area contributed by atoms with Gasteiger partial charge in [-0.2, -0.15) is 0 Å². The molecule has 2 atom stereocenters. The van der Waals surface area contributed by atoms with E-state index in [-0.39, 0.29) is 0 Å². The third-order valence-corrected chi connectivity index (χ3v) is 10.7. The van der Waals surface area contributed by atoms with Crippen molar-refractivity contribution in [1.29, 1.82) is 0 Å². The molecule has 0 aromatic heterocycles. The van der Waals surface area contributed by atoms with E-state index in [0.717, 1.165) is 50.5 Å². The summed E-state index contributed by atoms with van der Waals surface area (Å²) in [6.45, 7) is 22.5. The van der Waals surface area contributed by atoms with Crippen LogP contribution in [0.15, 0.2) is 120 Å². The van der Waals surface area contributed by atoms with Gasteiger partial charge in [0.15, 0.2) is 0 Å². The summed E-state index contributed by atoms with van der Waals surface area (Å²) in [6, 6.07) is 23.5. The Morgan fingerprint density at radius 2 is 1.61 bits per heavy atom. The summed E-state index contributed by atoms with van der Waals surface area (Å²) in [5, 5.41) is 0. The highest BCUT2D eigenvalue weighted by atomic mass is 14.4. The molecule has 3 aliphatic carbocycles. The van der Waals surface area contributed by atoms with Crippen molar-refractivity contribution in [3.63, 3.8) is 0 Å². The third-order valence-electron chi connectivity index (χ3n) is 10.7. The predicted octanol–water partition coefficient (Wildman–Crippen LogP) is 12.3. The van der Waals surface area contributed by atoms with Crippen LogP contribution in [0.25, 0.3) is 11.6 Å². The summed E-state index contributed by atoms with van der Waals surface area (Å²) in [4.78, 5) is 0. The van der Waals surface area contributed by atoms with Gasteiger partial charge in [-0.3, -0.25) is 0 Å². The summed E-state index contributed by atoms with van der Waals surface area (Å²) in [5.41, 5.74) is 20.9. The molecule has 1 saturated carbocycles. The van der Waals surface area contributed by atoms with Gasteiger partial charge in [-0.1, -0.05) is 136 Å². The summed E-state index contributed by atoms with van der Waals surface area (Å²) in [5.74, 6) is 0.606. The summed E-state index contributed by atoms with van der Waals surface area (Å²) in [6.07, 6.45) is 16.2. The second-order valence-corrected chi connectivity index (χ2v) is 14.1. The normalized spacial score (nSPS) is 19.8. The molecule has 0 N–H and O–H groups in total. The van der Waals surface area contributed by atoms with Gasteiger partial charge in [0.25, 0.3) is 0 Å². The quantitative estimate of drug-likeness (QED) is 0.204. The lowest BCUT2D eigenvalue weighted by Crippen LogP contribution is -2.21. The lowest BCUT2D eigenvalue weighted by atomic mass is 9.69. The molecule has 0 radical (unpaired) electrons. The maximum absolute atomic E-state index is 4.82. The first kappa shape index (κ1) is 32.1. The Morgan fingerprint density at radius 3 is 2.35 bits per heavy atom. The average molecular weight is 605 g/mol. The molecule has 3 aromatic carbocycles. The zero-order chi connectivity index (χ0) is 32.4. The van der Waals surface area contributed by atoms with Gasteiger partial charge in [0.1, 0.15) is 0 Å². The van der Waals surface area contributed by atoms with Crippen LogP contribution in [0.5, 0.6) is 0 Å². The first-order valence-corrected chi connectivity index (χ1v) is 17.7. The van der Waals surface area contributed by atoms with Crippen molar-refractivity contribution in [1.82, 2.24) is 0 Å². The molecule has 0 saturated heterocycles. The molecule has 0 spiro atoms. The molecule has 3 aliphatic rings. The molecule has 0 amide bonds. The fraction of sp³-hybridized carbons (Fsp3) is 0.348. The molecule has 0 nitrogen and oxygen atoms in total. The smallest absolute Gasteiger partial charge is 0.0201 e. The van der Waals surface area contributed by atoms with E-state index in [9.17, 15) is 0 Å². The summed E-state index contributed by atoms with van der Waals surface area (Å²) >= 11 is 0. The van der Waals surface area contributed by atoms with Crippen LogP contribution in [-0.2, 0) is 32.1 Å². The Kier molecular flexibility index (Phi) is 9.65. The zero-order valence-corrected chi connectivity index (χ0v) is 28.8. The maximum atomic E-state index is 4.82. The third kappa shape index (κ3) is 6.50. The number of hydrogen-bond acceptors (Lipinski definition) is 0. The average Bonchev–Trinajstić information content (AvgIpc) is 3.63. The second kappa shape index (κ2) is 13.8. The number of aryl methyl sites for hydroxylation is 5. The highest BCUT2D eigenvalue weighted by molar-refractivity contribution is 5.68. The van der Waals surface area contributed by atoms with Crippen molar-refractivity contribution < 1.29 is 0 Å². The van der Waals surface area contributed by atoms with Crippen LogP contribution in [0, 0.1) is 5.92 Å². The summed E-state index contributed by atoms with van der Waals surface area (Å²) in [7, 11) is 0. The molecular weight excluding hydrogens is 553 g/mol. The van der Waals surface area contributed by atoms with Crippen LogP contribution < -0.4 is 0 Å². The van der Waals surface area contributed by atoms with E-state index in [1.165, 1.54) is 86.1 Å². The van der Waals surface area contributed by atoms with E-state index < -0.39 is 0 Å². The number of rotatable bonds is 11. The highest BCUT2D eigenvalue weighted by Gasteiger charge is 2.41. The number of hydrogen-bond donors (Lipinski definition) is 0. The van der Waals surface area contributed by atoms with Crippen LogP contribution in [0.3, 0.4) is 0 Å². The van der Waals surface area contributed by atoms with Gasteiger partial charge in [-0.15, -0.1) is 0 Å². The Hall–Kier alpha value is -3.90. The molecule has 0 heterocycles. The number of fused-ring (bicyclic) bond motifs is 2. The van der Waals surface area contributed by atoms with Crippen LogP contribution in [0.1, 0.15) is 110 Å². The first-order valence-electron chi connectivity index (χ1n) is 17.7. The van der Waals surface area contributed by atoms with Gasteiger partial charge in [0.2, 0.25) is 0 Å². The molecule has 236 valence electrons. The van der Waals surface area contributed by atoms with Crippen LogP contribution in [-0.4, -0.2) is 0 Å². The van der Waals surface area contributed by atoms with E-state index in [4.69, 9.17) is 6.58 Å². The van der Waals surface area contributed by atoms with Gasteiger partial charge in [0.05, 0.1) is 0 Å². The minimum absolute atomic E-state index is 0.297. The van der Waals surface area contributed by atoms with E-state index >= 15 is 0 Å². The van der Waals surface area contributed by atoms with E-state index in [1.54, 1.807) is 11.1 Å². The van der Waals surface area contributed by atoms with Gasteiger partial charge < -0.3 is 0 Å². The minimum atomic E-state index is 0.297. The molecule has 6 rings (SSSR count). The molecule has 0 aliphatic heterocycles. The lowest BCUT2D eigenvalue weighted by Gasteiger charge is -2.35. The Bertz CT molecular complexity index is 1760. The number of allylic oxidation sites excluding steroid dienone is 8. The first-order chi connectivity index (χ1) is 22.3. The Labute approximate surface area is 279 Å². The monoisotopic (exact) mass is 604 g/mol. The Morgan fingerprint density at radius 1 is 0.826 bits per heavy atom. The van der Waals surface area contributed by atoms with Gasteiger partial charge in [-0.25, -0.2) is 0 Å². The van der Waals surface area contributed by atoms with Crippen molar-refractivity contribution in [3.05, 3.63) is 164 Å². The highest BCUT2D eigenvalue weighted by Crippen LogP contribution is 2.55. The SMILES string of the molecule is C=C(CCC)C1=C(C)C=C2CC(=Cc3ccc(CCc4ccc(C(=C)C)cc4)c(CCC)c3)C(=C)C2C1c1ccc2c(c1)CCC2. The van der Waals surface area contributed by atoms with E-state index in [1.807, 2.05) is 0 Å². The van der Waals surface area contributed by atoms with Crippen molar-refractivity contribution in [2.75, 3.05) is 0 Å². The Balaban J connectivity index is 1.28. The van der Waals surface area contributed by atoms with Crippen molar-refractivity contribution in [2.24, 2.45) is 5.92 Å². The van der Waals surface area contributed by atoms with Gasteiger partial charge in [0, 0.05) is 11.8 Å². The van der Waals surface area contributed by atoms with Crippen LogP contribution >= 0.6 is 0 Å². The molecule has 1 fully saturated rings. The van der Waals surface area contributed by atoms with E-state index in [2.05, 4.69) is 114 Å². The van der Waals surface area contributed by atoms with Crippen molar-refractivity contribution in [2.45, 2.75) is 97.8 Å². The predicted molar refractivity (Wildman–Crippen MR) is 200 cm³/mol. The number of benzene rings is 3. The molecule has 46 heavy (non-hydrogen) atoms. The van der Waals surface area contributed by atoms with Crippen LogP contribution in [0.2, 0.25) is 0 Å². The minimum Gasteiger partial charge on any atom is -0.0955 e. The maximum Gasteiger partial charge on any atom is 0.0201 e. The summed E-state index contributed by atoms with van der Waals surface area (Å²) < 4.78 is 0. The van der Waals surface area contributed by atoms with Crippen molar-refractivity contribution in [3.8, 4) is 0 Å². The van der Waals surface area contributed by atoms with Crippen LogP contribution in [0.4, 0.5) is 0 Å². The van der Waals surface area contributed by atoms with Gasteiger partial charge >= 0.3 is 0 Å².